The smallest absolute Gasteiger partial charge is 0.257 e. The van der Waals surface area contributed by atoms with E-state index in [1.165, 1.54) is 0 Å². The Bertz CT molecular complexity index is 584. The average Bonchev–Trinajstić information content (AvgIpc) is 2.35. The summed E-state index contributed by atoms with van der Waals surface area (Å²) in [4.78, 5) is 16.8. The standard InChI is InChI=1S/C13H11ClN2OS/c1-8-2-3-9(7-15-8)16-13(17)11-6-10(18)4-5-12(11)14/h2-7,18H,1H3,(H,16,17). The zero-order valence-corrected chi connectivity index (χ0v) is 11.3. The van der Waals surface area contributed by atoms with Crippen molar-refractivity contribution in [2.45, 2.75) is 11.8 Å². The number of thiol groups is 1. The van der Waals surface area contributed by atoms with Crippen LogP contribution in [0.3, 0.4) is 0 Å². The molecule has 92 valence electrons. The van der Waals surface area contributed by atoms with Crippen LogP contribution < -0.4 is 5.32 Å². The lowest BCUT2D eigenvalue weighted by atomic mass is 10.2. The fraction of sp³-hybridized carbons (Fsp3) is 0.0769. The summed E-state index contributed by atoms with van der Waals surface area (Å²) >= 11 is 10.2. The number of anilines is 1. The van der Waals surface area contributed by atoms with Gasteiger partial charge >= 0.3 is 0 Å². The molecule has 0 radical (unpaired) electrons. The van der Waals surface area contributed by atoms with E-state index in [9.17, 15) is 4.79 Å². The van der Waals surface area contributed by atoms with Crippen molar-refractivity contribution in [1.82, 2.24) is 4.98 Å². The van der Waals surface area contributed by atoms with Crippen LogP contribution in [0.1, 0.15) is 16.1 Å². The molecule has 1 N–H and O–H groups in total. The van der Waals surface area contributed by atoms with E-state index in [0.29, 0.717) is 21.2 Å². The minimum atomic E-state index is -0.276. The summed E-state index contributed by atoms with van der Waals surface area (Å²) in [6.45, 7) is 1.88. The first-order valence-corrected chi connectivity index (χ1v) is 6.11. The van der Waals surface area contributed by atoms with Crippen LogP contribution in [0, 0.1) is 6.92 Å². The van der Waals surface area contributed by atoms with Gasteiger partial charge in [0.05, 0.1) is 22.5 Å². The van der Waals surface area contributed by atoms with E-state index in [2.05, 4.69) is 22.9 Å². The Morgan fingerprint density at radius 2 is 2.11 bits per heavy atom. The van der Waals surface area contributed by atoms with Crippen molar-refractivity contribution in [3.05, 3.63) is 52.8 Å². The van der Waals surface area contributed by atoms with Gasteiger partial charge in [-0.15, -0.1) is 12.6 Å². The summed E-state index contributed by atoms with van der Waals surface area (Å²) in [5.41, 5.74) is 1.92. The quantitative estimate of drug-likeness (QED) is 0.825. The molecular weight excluding hydrogens is 268 g/mol. The van der Waals surface area contributed by atoms with Crippen LogP contribution in [0.15, 0.2) is 41.4 Å². The Kier molecular flexibility index (Phi) is 3.89. The number of carbonyl (C=O) groups excluding carboxylic acids is 1. The molecule has 0 saturated heterocycles. The fourth-order valence-electron chi connectivity index (χ4n) is 1.43. The van der Waals surface area contributed by atoms with E-state index in [0.717, 1.165) is 5.69 Å². The highest BCUT2D eigenvalue weighted by molar-refractivity contribution is 7.80. The number of halogens is 1. The molecule has 5 heteroatoms. The van der Waals surface area contributed by atoms with Crippen LogP contribution in [0.5, 0.6) is 0 Å². The summed E-state index contributed by atoms with van der Waals surface area (Å²) in [6.07, 6.45) is 1.60. The number of aromatic nitrogens is 1. The van der Waals surface area contributed by atoms with Crippen molar-refractivity contribution in [3.8, 4) is 0 Å². The summed E-state index contributed by atoms with van der Waals surface area (Å²) in [7, 11) is 0. The number of rotatable bonds is 2. The van der Waals surface area contributed by atoms with E-state index >= 15 is 0 Å². The topological polar surface area (TPSA) is 42.0 Å². The molecule has 1 amide bonds. The second-order valence-corrected chi connectivity index (χ2v) is 4.73. The zero-order valence-electron chi connectivity index (χ0n) is 9.64. The number of hydrogen-bond acceptors (Lipinski definition) is 3. The lowest BCUT2D eigenvalue weighted by molar-refractivity contribution is 0.102. The molecule has 0 fully saturated rings. The predicted molar refractivity (Wildman–Crippen MR) is 75.6 cm³/mol. The van der Waals surface area contributed by atoms with Gasteiger partial charge in [-0.2, -0.15) is 0 Å². The Morgan fingerprint density at radius 1 is 1.33 bits per heavy atom. The predicted octanol–water partition coefficient (Wildman–Crippen LogP) is 3.58. The molecule has 2 aromatic rings. The maximum Gasteiger partial charge on any atom is 0.257 e. The number of nitrogens with one attached hydrogen (secondary N) is 1. The monoisotopic (exact) mass is 278 g/mol. The average molecular weight is 279 g/mol. The summed E-state index contributed by atoms with van der Waals surface area (Å²) in [6, 6.07) is 8.62. The molecule has 3 nitrogen and oxygen atoms in total. The lowest BCUT2D eigenvalue weighted by Gasteiger charge is -2.07. The van der Waals surface area contributed by atoms with Gasteiger partial charge in [0.25, 0.3) is 5.91 Å². The first-order chi connectivity index (χ1) is 8.56. The van der Waals surface area contributed by atoms with Crippen molar-refractivity contribution >= 4 is 35.8 Å². The fourth-order valence-corrected chi connectivity index (χ4v) is 1.83. The highest BCUT2D eigenvalue weighted by atomic mass is 35.5. The van der Waals surface area contributed by atoms with Crippen LogP contribution in [0.25, 0.3) is 0 Å². The van der Waals surface area contributed by atoms with Crippen LogP contribution >= 0.6 is 24.2 Å². The number of carbonyl (C=O) groups is 1. The van der Waals surface area contributed by atoms with Crippen LogP contribution in [0.4, 0.5) is 5.69 Å². The van der Waals surface area contributed by atoms with Gasteiger partial charge in [-0.25, -0.2) is 0 Å². The Morgan fingerprint density at radius 3 is 2.78 bits per heavy atom. The van der Waals surface area contributed by atoms with Crippen LogP contribution in [-0.4, -0.2) is 10.9 Å². The number of amides is 1. The molecule has 1 heterocycles. The maximum atomic E-state index is 12.0. The Labute approximate surface area is 116 Å². The number of hydrogen-bond donors (Lipinski definition) is 2. The van der Waals surface area contributed by atoms with E-state index < -0.39 is 0 Å². The molecule has 0 spiro atoms. The third kappa shape index (κ3) is 3.03. The Balaban J connectivity index is 2.21. The second-order valence-electron chi connectivity index (χ2n) is 3.81. The number of benzene rings is 1. The van der Waals surface area contributed by atoms with Crippen molar-refractivity contribution in [3.63, 3.8) is 0 Å². The number of aryl methyl sites for hydroxylation is 1. The summed E-state index contributed by atoms with van der Waals surface area (Å²) in [5.74, 6) is -0.276. The van der Waals surface area contributed by atoms with Gasteiger partial charge in [-0.1, -0.05) is 11.6 Å². The van der Waals surface area contributed by atoms with Crippen LogP contribution in [0.2, 0.25) is 5.02 Å². The Hall–Kier alpha value is -1.52. The van der Waals surface area contributed by atoms with Gasteiger partial charge in [-0.05, 0) is 37.3 Å². The van der Waals surface area contributed by atoms with Crippen LogP contribution in [-0.2, 0) is 0 Å². The van der Waals surface area contributed by atoms with E-state index in [1.54, 1.807) is 30.5 Å². The SMILES string of the molecule is Cc1ccc(NC(=O)c2cc(S)ccc2Cl)cn1. The zero-order chi connectivity index (χ0) is 13.1. The maximum absolute atomic E-state index is 12.0. The van der Waals surface area contributed by atoms with Gasteiger partial charge in [-0.3, -0.25) is 9.78 Å². The van der Waals surface area contributed by atoms with E-state index in [1.807, 2.05) is 13.0 Å². The van der Waals surface area contributed by atoms with Gasteiger partial charge in [0.15, 0.2) is 0 Å². The highest BCUT2D eigenvalue weighted by Crippen LogP contribution is 2.20. The molecule has 0 unspecified atom stereocenters. The minimum Gasteiger partial charge on any atom is -0.321 e. The van der Waals surface area contributed by atoms with Crippen molar-refractivity contribution in [1.29, 1.82) is 0 Å². The highest BCUT2D eigenvalue weighted by Gasteiger charge is 2.10. The largest absolute Gasteiger partial charge is 0.321 e. The summed E-state index contributed by atoms with van der Waals surface area (Å²) < 4.78 is 0. The molecule has 0 aliphatic heterocycles. The molecule has 1 aromatic carbocycles. The third-order valence-corrected chi connectivity index (χ3v) is 2.97. The van der Waals surface area contributed by atoms with Crippen molar-refractivity contribution in [2.24, 2.45) is 0 Å². The van der Waals surface area contributed by atoms with E-state index in [-0.39, 0.29) is 5.91 Å². The van der Waals surface area contributed by atoms with Crippen molar-refractivity contribution in [2.75, 3.05) is 5.32 Å². The molecule has 0 saturated carbocycles. The van der Waals surface area contributed by atoms with Gasteiger partial charge in [0.1, 0.15) is 0 Å². The van der Waals surface area contributed by atoms with Gasteiger partial charge < -0.3 is 5.32 Å². The number of pyridine rings is 1. The molecule has 0 aliphatic carbocycles. The molecule has 0 aliphatic rings. The van der Waals surface area contributed by atoms with Crippen molar-refractivity contribution < 1.29 is 4.79 Å². The minimum absolute atomic E-state index is 0.276. The molecule has 18 heavy (non-hydrogen) atoms. The molecule has 1 aromatic heterocycles. The normalized spacial score (nSPS) is 10.2. The third-order valence-electron chi connectivity index (χ3n) is 2.36. The first-order valence-electron chi connectivity index (χ1n) is 5.29. The second kappa shape index (κ2) is 5.42. The number of nitrogens with zero attached hydrogens (tertiary/aromatic N) is 1. The molecular formula is C13H11ClN2OS. The molecule has 0 atom stereocenters. The molecule has 2 rings (SSSR count). The van der Waals surface area contributed by atoms with Gasteiger partial charge in [0.2, 0.25) is 0 Å². The van der Waals surface area contributed by atoms with Gasteiger partial charge in [0, 0.05) is 10.6 Å². The van der Waals surface area contributed by atoms with E-state index in [4.69, 9.17) is 11.6 Å². The lowest BCUT2D eigenvalue weighted by Crippen LogP contribution is -2.12. The summed E-state index contributed by atoms with van der Waals surface area (Å²) in [5, 5.41) is 3.13. The molecule has 0 bridgehead atoms. The first kappa shape index (κ1) is 12.9.